The number of thiol groups is 1. The lowest BCUT2D eigenvalue weighted by atomic mass is 10.2. The quantitative estimate of drug-likeness (QED) is 0.317. The van der Waals surface area contributed by atoms with Gasteiger partial charge in [-0.2, -0.15) is 0 Å². The normalized spacial score (nSPS) is 12.1. The average molecular weight is 411 g/mol. The molecule has 0 saturated heterocycles. The average Bonchev–Trinajstić information content (AvgIpc) is 2.69. The summed E-state index contributed by atoms with van der Waals surface area (Å²) in [5, 5.41) is 2.62. The summed E-state index contributed by atoms with van der Waals surface area (Å²) >= 11 is 4.27. The molecule has 0 radical (unpaired) electrons. The van der Waals surface area contributed by atoms with Crippen LogP contribution in [0.3, 0.4) is 0 Å². The lowest BCUT2D eigenvalue weighted by molar-refractivity contribution is 0.286. The molecule has 140 valence electrons. The molecule has 0 N–H and O–H groups in total. The largest absolute Gasteiger partial charge is 0.403 e. The fraction of sp³-hybridized carbons (Fsp3) is 0.217. The van der Waals surface area contributed by atoms with Gasteiger partial charge in [-0.1, -0.05) is 104 Å². The Hall–Kier alpha value is -1.46. The predicted molar refractivity (Wildman–Crippen MR) is 124 cm³/mol. The highest BCUT2D eigenvalue weighted by molar-refractivity contribution is 8.68. The molecule has 3 aromatic carbocycles. The lowest BCUT2D eigenvalue weighted by Crippen LogP contribution is -2.66. The number of hydrogen-bond acceptors (Lipinski definition) is 3. The van der Waals surface area contributed by atoms with E-state index in [0.29, 0.717) is 6.61 Å². The molecular weight excluding hydrogens is 384 g/mol. The van der Waals surface area contributed by atoms with Crippen molar-refractivity contribution in [2.24, 2.45) is 0 Å². The van der Waals surface area contributed by atoms with Crippen molar-refractivity contribution in [3.63, 3.8) is 0 Å². The van der Waals surface area contributed by atoms with Gasteiger partial charge in [0.2, 0.25) is 0 Å². The van der Waals surface area contributed by atoms with E-state index in [2.05, 4.69) is 117 Å². The van der Waals surface area contributed by atoms with E-state index >= 15 is 0 Å². The van der Waals surface area contributed by atoms with E-state index in [1.807, 2.05) is 0 Å². The fourth-order valence-corrected chi connectivity index (χ4v) is 8.76. The molecule has 27 heavy (non-hydrogen) atoms. The second-order valence-corrected chi connectivity index (χ2v) is 13.2. The maximum absolute atomic E-state index is 6.94. The maximum atomic E-state index is 6.94. The van der Waals surface area contributed by atoms with Crippen LogP contribution in [-0.2, 0) is 11.0 Å². The monoisotopic (exact) mass is 410 g/mol. The SMILES string of the molecule is CC(C)(C)[Si](OCc1ccc(SS)cc1)(c1ccccc1)c1ccccc1. The molecule has 0 heterocycles. The Kier molecular flexibility index (Phi) is 6.53. The van der Waals surface area contributed by atoms with Gasteiger partial charge in [0, 0.05) is 4.90 Å². The Bertz CT molecular complexity index is 804. The Morgan fingerprint density at radius 3 is 1.67 bits per heavy atom. The second kappa shape index (κ2) is 8.70. The van der Waals surface area contributed by atoms with E-state index in [1.165, 1.54) is 26.7 Å². The summed E-state index contributed by atoms with van der Waals surface area (Å²) in [7, 11) is -1.01. The van der Waals surface area contributed by atoms with Crippen LogP contribution in [0.5, 0.6) is 0 Å². The Labute approximate surface area is 173 Å². The van der Waals surface area contributed by atoms with Crippen molar-refractivity contribution >= 4 is 41.1 Å². The first-order valence-corrected chi connectivity index (χ1v) is 12.9. The predicted octanol–water partition coefficient (Wildman–Crippen LogP) is 5.70. The molecule has 3 rings (SSSR count). The van der Waals surface area contributed by atoms with E-state index in [4.69, 9.17) is 4.43 Å². The van der Waals surface area contributed by atoms with Gasteiger partial charge < -0.3 is 4.43 Å². The van der Waals surface area contributed by atoms with E-state index in [-0.39, 0.29) is 5.04 Å². The molecule has 0 aliphatic heterocycles. The van der Waals surface area contributed by atoms with Gasteiger partial charge in [-0.25, -0.2) is 0 Å². The summed E-state index contributed by atoms with van der Waals surface area (Å²) in [5.41, 5.74) is 1.19. The smallest absolute Gasteiger partial charge is 0.261 e. The van der Waals surface area contributed by atoms with Crippen LogP contribution in [0.2, 0.25) is 5.04 Å². The van der Waals surface area contributed by atoms with Crippen molar-refractivity contribution < 1.29 is 4.43 Å². The van der Waals surface area contributed by atoms with E-state index < -0.39 is 8.32 Å². The van der Waals surface area contributed by atoms with Crippen molar-refractivity contribution in [3.8, 4) is 0 Å². The molecule has 0 bridgehead atoms. The van der Waals surface area contributed by atoms with Gasteiger partial charge in [0.1, 0.15) is 0 Å². The van der Waals surface area contributed by atoms with Crippen LogP contribution >= 0.6 is 22.5 Å². The minimum Gasteiger partial charge on any atom is -0.403 e. The zero-order valence-corrected chi connectivity index (χ0v) is 18.8. The van der Waals surface area contributed by atoms with Crippen LogP contribution in [-0.4, -0.2) is 8.32 Å². The van der Waals surface area contributed by atoms with Gasteiger partial charge >= 0.3 is 0 Å². The van der Waals surface area contributed by atoms with Gasteiger partial charge in [0.25, 0.3) is 8.32 Å². The third-order valence-electron chi connectivity index (χ3n) is 4.90. The van der Waals surface area contributed by atoms with Gasteiger partial charge in [-0.05, 0) is 33.1 Å². The summed E-state index contributed by atoms with van der Waals surface area (Å²) in [4.78, 5) is 1.15. The number of rotatable bonds is 6. The molecule has 0 aliphatic rings. The third kappa shape index (κ3) is 4.35. The second-order valence-electron chi connectivity index (χ2n) is 7.69. The van der Waals surface area contributed by atoms with Crippen LogP contribution in [0.4, 0.5) is 0 Å². The van der Waals surface area contributed by atoms with Gasteiger partial charge in [0.15, 0.2) is 0 Å². The maximum Gasteiger partial charge on any atom is 0.261 e. The number of benzene rings is 3. The minimum absolute atomic E-state index is 0.00338. The number of hydrogen-bond donors (Lipinski definition) is 1. The lowest BCUT2D eigenvalue weighted by Gasteiger charge is -2.43. The molecule has 0 fully saturated rings. The van der Waals surface area contributed by atoms with Crippen LogP contribution < -0.4 is 10.4 Å². The summed E-state index contributed by atoms with van der Waals surface area (Å²) in [6.45, 7) is 7.52. The first-order valence-electron chi connectivity index (χ1n) is 9.13. The molecule has 0 amide bonds. The van der Waals surface area contributed by atoms with Crippen molar-refractivity contribution in [2.45, 2.75) is 37.3 Å². The highest BCUT2D eigenvalue weighted by Gasteiger charge is 2.50. The highest BCUT2D eigenvalue weighted by Crippen LogP contribution is 2.37. The molecule has 3 aromatic rings. The summed E-state index contributed by atoms with van der Waals surface area (Å²) < 4.78 is 6.94. The molecule has 0 unspecified atom stereocenters. The standard InChI is InChI=1S/C23H26OS2Si/c1-23(2,3)27(21-10-6-4-7-11-21,22-12-8-5-9-13-22)24-18-19-14-16-20(26-25)17-15-19/h4-17,25H,18H2,1-3H3. The van der Waals surface area contributed by atoms with Crippen molar-refractivity contribution in [1.82, 2.24) is 0 Å². The third-order valence-corrected chi connectivity index (χ3v) is 11.0. The van der Waals surface area contributed by atoms with Crippen LogP contribution in [0.25, 0.3) is 0 Å². The van der Waals surface area contributed by atoms with Crippen molar-refractivity contribution in [2.75, 3.05) is 0 Å². The molecule has 1 nitrogen and oxygen atoms in total. The van der Waals surface area contributed by atoms with Gasteiger partial charge in [0.05, 0.1) is 6.61 Å². The van der Waals surface area contributed by atoms with Gasteiger partial charge in [-0.3, -0.25) is 0 Å². The van der Waals surface area contributed by atoms with Gasteiger partial charge in [-0.15, -0.1) is 11.7 Å². The Balaban J connectivity index is 2.05. The zero-order valence-electron chi connectivity index (χ0n) is 16.1. The highest BCUT2D eigenvalue weighted by atomic mass is 33.1. The topological polar surface area (TPSA) is 9.23 Å². The minimum atomic E-state index is -2.47. The molecular formula is C23H26OS2Si. The molecule has 0 aliphatic carbocycles. The molecule has 0 spiro atoms. The summed E-state index contributed by atoms with van der Waals surface area (Å²) in [5.74, 6) is 0. The van der Waals surface area contributed by atoms with Crippen LogP contribution in [0, 0.1) is 0 Å². The van der Waals surface area contributed by atoms with Crippen molar-refractivity contribution in [3.05, 3.63) is 90.5 Å². The van der Waals surface area contributed by atoms with Crippen molar-refractivity contribution in [1.29, 1.82) is 0 Å². The fourth-order valence-electron chi connectivity index (χ4n) is 3.60. The molecule has 0 aromatic heterocycles. The van der Waals surface area contributed by atoms with Crippen LogP contribution in [0.1, 0.15) is 26.3 Å². The Morgan fingerprint density at radius 1 is 0.778 bits per heavy atom. The summed E-state index contributed by atoms with van der Waals surface area (Å²) in [6.07, 6.45) is 0. The van der Waals surface area contributed by atoms with E-state index in [9.17, 15) is 0 Å². The Morgan fingerprint density at radius 2 is 1.26 bits per heavy atom. The molecule has 0 atom stereocenters. The molecule has 0 saturated carbocycles. The zero-order chi connectivity index (χ0) is 19.3. The first-order chi connectivity index (χ1) is 13.0. The van der Waals surface area contributed by atoms with E-state index in [0.717, 1.165) is 4.90 Å². The van der Waals surface area contributed by atoms with Crippen LogP contribution in [0.15, 0.2) is 89.8 Å². The first kappa shape index (κ1) is 20.3. The van der Waals surface area contributed by atoms with E-state index in [1.54, 1.807) is 0 Å². The molecule has 4 heteroatoms. The summed E-state index contributed by atoms with van der Waals surface area (Å²) in [6, 6.07) is 30.0.